The van der Waals surface area contributed by atoms with Crippen LogP contribution in [-0.2, 0) is 14.3 Å². The summed E-state index contributed by atoms with van der Waals surface area (Å²) in [4.78, 5) is 24.6. The summed E-state index contributed by atoms with van der Waals surface area (Å²) in [5.74, 6) is -0.0436. The van der Waals surface area contributed by atoms with Gasteiger partial charge < -0.3 is 9.64 Å². The molecule has 0 aromatic rings. The van der Waals surface area contributed by atoms with E-state index in [0.29, 0.717) is 6.61 Å². The number of hydrogen-bond acceptors (Lipinski definition) is 3. The van der Waals surface area contributed by atoms with Gasteiger partial charge in [-0.05, 0) is 19.3 Å². The SMILES string of the molecule is CCCCCCCCOC(=O)CN(C)C(=O)C1CC1. The molecule has 0 aliphatic heterocycles. The maximum atomic E-state index is 11.6. The van der Waals surface area contributed by atoms with Crippen molar-refractivity contribution in [2.24, 2.45) is 5.92 Å². The standard InChI is InChI=1S/C15H27NO3/c1-3-4-5-6-7-8-11-19-14(17)12-16(2)15(18)13-9-10-13/h13H,3-12H2,1-2H3. The van der Waals surface area contributed by atoms with E-state index in [9.17, 15) is 9.59 Å². The van der Waals surface area contributed by atoms with Crippen LogP contribution in [0.25, 0.3) is 0 Å². The van der Waals surface area contributed by atoms with Crippen LogP contribution in [0.4, 0.5) is 0 Å². The molecule has 0 atom stereocenters. The second-order valence-electron chi connectivity index (χ2n) is 5.46. The zero-order valence-electron chi connectivity index (χ0n) is 12.3. The molecule has 0 aromatic carbocycles. The summed E-state index contributed by atoms with van der Waals surface area (Å²) in [6, 6.07) is 0. The van der Waals surface area contributed by atoms with Gasteiger partial charge in [0.25, 0.3) is 0 Å². The summed E-state index contributed by atoms with van der Waals surface area (Å²) in [6.07, 6.45) is 8.99. The average Bonchev–Trinajstić information content (AvgIpc) is 3.21. The van der Waals surface area contributed by atoms with Gasteiger partial charge in [-0.3, -0.25) is 9.59 Å². The van der Waals surface area contributed by atoms with Crippen molar-refractivity contribution >= 4 is 11.9 Å². The van der Waals surface area contributed by atoms with Crippen LogP contribution < -0.4 is 0 Å². The van der Waals surface area contributed by atoms with Crippen molar-refractivity contribution in [3.8, 4) is 0 Å². The van der Waals surface area contributed by atoms with Crippen molar-refractivity contribution in [1.29, 1.82) is 0 Å². The van der Waals surface area contributed by atoms with Crippen LogP contribution in [0.3, 0.4) is 0 Å². The minimum atomic E-state index is -0.287. The fourth-order valence-electron chi connectivity index (χ4n) is 2.03. The molecule has 1 aliphatic rings. The van der Waals surface area contributed by atoms with E-state index in [1.165, 1.54) is 30.6 Å². The number of carbonyl (C=O) groups is 2. The number of nitrogens with zero attached hydrogens (tertiary/aromatic N) is 1. The Hall–Kier alpha value is -1.06. The molecule has 1 aliphatic carbocycles. The number of unbranched alkanes of at least 4 members (excludes halogenated alkanes) is 5. The van der Waals surface area contributed by atoms with E-state index < -0.39 is 0 Å². The second kappa shape index (κ2) is 8.94. The van der Waals surface area contributed by atoms with Crippen LogP contribution in [0.1, 0.15) is 58.3 Å². The van der Waals surface area contributed by atoms with Crippen LogP contribution in [0, 0.1) is 5.92 Å². The van der Waals surface area contributed by atoms with Crippen molar-refractivity contribution in [3.05, 3.63) is 0 Å². The third-order valence-electron chi connectivity index (χ3n) is 3.43. The van der Waals surface area contributed by atoms with Gasteiger partial charge in [0.15, 0.2) is 0 Å². The van der Waals surface area contributed by atoms with Crippen molar-refractivity contribution in [1.82, 2.24) is 4.90 Å². The first kappa shape index (κ1) is 16.0. The lowest BCUT2D eigenvalue weighted by molar-refractivity contribution is -0.149. The Kier molecular flexibility index (Phi) is 7.53. The number of esters is 1. The summed E-state index contributed by atoms with van der Waals surface area (Å²) >= 11 is 0. The molecule has 0 heterocycles. The number of amides is 1. The summed E-state index contributed by atoms with van der Waals surface area (Å²) in [6.45, 7) is 2.77. The molecule has 0 aromatic heterocycles. The van der Waals surface area contributed by atoms with E-state index in [1.807, 2.05) is 0 Å². The molecule has 1 rings (SSSR count). The molecular weight excluding hydrogens is 242 g/mol. The Morgan fingerprint density at radius 3 is 2.37 bits per heavy atom. The van der Waals surface area contributed by atoms with Crippen LogP contribution in [0.5, 0.6) is 0 Å². The molecule has 0 unspecified atom stereocenters. The molecule has 4 heteroatoms. The molecule has 1 saturated carbocycles. The molecule has 4 nitrogen and oxygen atoms in total. The van der Waals surface area contributed by atoms with Gasteiger partial charge in [-0.25, -0.2) is 0 Å². The van der Waals surface area contributed by atoms with Gasteiger partial charge in [0.05, 0.1) is 6.61 Å². The highest BCUT2D eigenvalue weighted by atomic mass is 16.5. The van der Waals surface area contributed by atoms with E-state index >= 15 is 0 Å². The first-order valence-corrected chi connectivity index (χ1v) is 7.55. The van der Waals surface area contributed by atoms with E-state index in [1.54, 1.807) is 7.05 Å². The lowest BCUT2D eigenvalue weighted by Gasteiger charge is -2.15. The van der Waals surface area contributed by atoms with Crippen molar-refractivity contribution in [3.63, 3.8) is 0 Å². The van der Waals surface area contributed by atoms with Crippen molar-refractivity contribution < 1.29 is 14.3 Å². The van der Waals surface area contributed by atoms with E-state index in [4.69, 9.17) is 4.74 Å². The Morgan fingerprint density at radius 1 is 1.11 bits per heavy atom. The van der Waals surface area contributed by atoms with Gasteiger partial charge in [0, 0.05) is 13.0 Å². The number of hydrogen-bond donors (Lipinski definition) is 0. The van der Waals surface area contributed by atoms with Gasteiger partial charge >= 0.3 is 5.97 Å². The maximum absolute atomic E-state index is 11.6. The molecule has 1 fully saturated rings. The van der Waals surface area contributed by atoms with Gasteiger partial charge in [0.2, 0.25) is 5.91 Å². The zero-order valence-corrected chi connectivity index (χ0v) is 12.3. The Morgan fingerprint density at radius 2 is 1.74 bits per heavy atom. The molecule has 19 heavy (non-hydrogen) atoms. The summed E-state index contributed by atoms with van der Waals surface area (Å²) in [5, 5.41) is 0. The minimum absolute atomic E-state index is 0.0801. The van der Waals surface area contributed by atoms with Crippen molar-refractivity contribution in [2.75, 3.05) is 20.2 Å². The Bertz CT molecular complexity index is 287. The largest absolute Gasteiger partial charge is 0.464 e. The van der Waals surface area contributed by atoms with E-state index in [2.05, 4.69) is 6.92 Å². The monoisotopic (exact) mass is 269 g/mol. The van der Waals surface area contributed by atoms with Crippen molar-refractivity contribution in [2.45, 2.75) is 58.3 Å². The molecule has 0 radical (unpaired) electrons. The lowest BCUT2D eigenvalue weighted by Crippen LogP contribution is -2.34. The van der Waals surface area contributed by atoms with E-state index in [0.717, 1.165) is 25.7 Å². The molecule has 0 saturated heterocycles. The summed E-state index contributed by atoms with van der Waals surface area (Å²) in [5.41, 5.74) is 0. The third kappa shape index (κ3) is 7.19. The number of ether oxygens (including phenoxy) is 1. The second-order valence-corrected chi connectivity index (χ2v) is 5.46. The highest BCUT2D eigenvalue weighted by Gasteiger charge is 2.32. The molecule has 0 bridgehead atoms. The quantitative estimate of drug-likeness (QED) is 0.452. The molecule has 0 N–H and O–H groups in total. The fraction of sp³-hybridized carbons (Fsp3) is 0.867. The molecular formula is C15H27NO3. The first-order chi connectivity index (χ1) is 9.15. The predicted molar refractivity (Wildman–Crippen MR) is 74.7 cm³/mol. The van der Waals surface area contributed by atoms with Gasteiger partial charge in [-0.15, -0.1) is 0 Å². The highest BCUT2D eigenvalue weighted by molar-refractivity contribution is 5.84. The Balaban J connectivity index is 1.96. The lowest BCUT2D eigenvalue weighted by atomic mass is 10.1. The first-order valence-electron chi connectivity index (χ1n) is 7.55. The fourth-order valence-corrected chi connectivity index (χ4v) is 2.03. The van der Waals surface area contributed by atoms with Crippen LogP contribution in [0.15, 0.2) is 0 Å². The number of likely N-dealkylation sites (N-methyl/N-ethyl adjacent to an activating group) is 1. The number of carbonyl (C=O) groups excluding carboxylic acids is 2. The predicted octanol–water partition coefficient (Wildman–Crippen LogP) is 2.76. The van der Waals surface area contributed by atoms with Crippen LogP contribution in [0.2, 0.25) is 0 Å². The van der Waals surface area contributed by atoms with Gasteiger partial charge in [0.1, 0.15) is 6.54 Å². The van der Waals surface area contributed by atoms with Crippen LogP contribution >= 0.6 is 0 Å². The smallest absolute Gasteiger partial charge is 0.325 e. The van der Waals surface area contributed by atoms with E-state index in [-0.39, 0.29) is 24.3 Å². The third-order valence-corrected chi connectivity index (χ3v) is 3.43. The molecule has 0 spiro atoms. The minimum Gasteiger partial charge on any atom is -0.464 e. The van der Waals surface area contributed by atoms with Crippen LogP contribution in [-0.4, -0.2) is 37.0 Å². The number of rotatable bonds is 10. The Labute approximate surface area is 116 Å². The summed E-state index contributed by atoms with van der Waals surface area (Å²) < 4.78 is 5.14. The normalized spacial score (nSPS) is 14.2. The zero-order chi connectivity index (χ0) is 14.1. The summed E-state index contributed by atoms with van der Waals surface area (Å²) in [7, 11) is 1.67. The highest BCUT2D eigenvalue weighted by Crippen LogP contribution is 2.30. The maximum Gasteiger partial charge on any atom is 0.325 e. The topological polar surface area (TPSA) is 46.6 Å². The van der Waals surface area contributed by atoms with Gasteiger partial charge in [-0.1, -0.05) is 39.0 Å². The molecule has 1 amide bonds. The van der Waals surface area contributed by atoms with Gasteiger partial charge in [-0.2, -0.15) is 0 Å². The molecule has 110 valence electrons. The average molecular weight is 269 g/mol.